The van der Waals surface area contributed by atoms with E-state index < -0.39 is 48.7 Å². The van der Waals surface area contributed by atoms with Crippen molar-refractivity contribution in [2.24, 2.45) is 38.9 Å². The number of aliphatic hydroxyl groups is 1. The van der Waals surface area contributed by atoms with Crippen LogP contribution in [0.15, 0.2) is 52.7 Å². The molecule has 3 saturated carbocycles. The Morgan fingerprint density at radius 1 is 0.955 bits per heavy atom. The highest BCUT2D eigenvalue weighted by Gasteiger charge is 2.75. The Kier molecular flexibility index (Phi) is 6.55. The molecule has 8 nitrogen and oxygen atoms in total. The van der Waals surface area contributed by atoms with Crippen molar-refractivity contribution in [1.82, 2.24) is 9.71 Å². The summed E-state index contributed by atoms with van der Waals surface area (Å²) >= 11 is 0. The fourth-order valence-electron chi connectivity index (χ4n) is 10.8. The van der Waals surface area contributed by atoms with Crippen molar-refractivity contribution < 1.29 is 23.1 Å². The average molecular weight is 620 g/mol. The van der Waals surface area contributed by atoms with Crippen LogP contribution in [0.1, 0.15) is 93.4 Å². The van der Waals surface area contributed by atoms with Gasteiger partial charge in [0, 0.05) is 40.1 Å². The van der Waals surface area contributed by atoms with Gasteiger partial charge >= 0.3 is 0 Å². The molecule has 0 aliphatic heterocycles. The number of nitriles is 1. The van der Waals surface area contributed by atoms with Gasteiger partial charge in [-0.05, 0) is 92.4 Å². The number of hydrogen-bond donors (Lipinski definition) is 2. The SMILES string of the molecule is CC1(C)C(=O)C(C#N)=C[C@]2(C)C3=CC(=O)[C@]4(O)[C@@H]5C[C@@](C)(NS(=O)(=O)c6ccncc6)CC[C@]5(C)CC[C@@]4(C)[C@]3(C)CC[C@@H]12. The second-order valence-electron chi connectivity index (χ2n) is 16.2. The first-order chi connectivity index (χ1) is 20.2. The predicted molar refractivity (Wildman–Crippen MR) is 165 cm³/mol. The van der Waals surface area contributed by atoms with Crippen LogP contribution in [0.2, 0.25) is 0 Å². The first-order valence-corrected chi connectivity index (χ1v) is 17.3. The average Bonchev–Trinajstić information content (AvgIpc) is 2.95. The number of rotatable bonds is 3. The molecule has 1 aromatic heterocycles. The van der Waals surface area contributed by atoms with Crippen LogP contribution >= 0.6 is 0 Å². The molecule has 6 rings (SSSR count). The third kappa shape index (κ3) is 3.80. The summed E-state index contributed by atoms with van der Waals surface area (Å²) < 4.78 is 29.8. The number of ketones is 2. The van der Waals surface area contributed by atoms with Gasteiger partial charge in [-0.1, -0.05) is 47.6 Å². The predicted octanol–water partition coefficient (Wildman–Crippen LogP) is 5.45. The van der Waals surface area contributed by atoms with E-state index in [1.807, 2.05) is 20.8 Å². The zero-order valence-corrected chi connectivity index (χ0v) is 27.8. The Morgan fingerprint density at radius 2 is 1.59 bits per heavy atom. The van der Waals surface area contributed by atoms with Crippen molar-refractivity contribution >= 4 is 21.6 Å². The first kappa shape index (κ1) is 31.3. The zero-order valence-electron chi connectivity index (χ0n) is 27.0. The lowest BCUT2D eigenvalue weighted by atomic mass is 9.33. The quantitative estimate of drug-likeness (QED) is 0.459. The lowest BCUT2D eigenvalue weighted by molar-refractivity contribution is -0.239. The number of carbonyl (C=O) groups excluding carboxylic acids is 2. The van der Waals surface area contributed by atoms with E-state index in [0.29, 0.717) is 32.1 Å². The third-order valence-corrected chi connectivity index (χ3v) is 15.2. The van der Waals surface area contributed by atoms with E-state index in [2.05, 4.69) is 43.5 Å². The van der Waals surface area contributed by atoms with Gasteiger partial charge < -0.3 is 5.11 Å². The molecule has 236 valence electrons. The summed E-state index contributed by atoms with van der Waals surface area (Å²) in [7, 11) is -3.86. The zero-order chi connectivity index (χ0) is 32.4. The molecule has 0 bridgehead atoms. The molecule has 5 aliphatic rings. The van der Waals surface area contributed by atoms with Crippen LogP contribution in [0.4, 0.5) is 0 Å². The molecule has 8 atom stereocenters. The van der Waals surface area contributed by atoms with Crippen LogP contribution in [0.3, 0.4) is 0 Å². The van der Waals surface area contributed by atoms with E-state index in [0.717, 1.165) is 18.4 Å². The number of hydrogen-bond acceptors (Lipinski definition) is 7. The second-order valence-corrected chi connectivity index (χ2v) is 17.9. The number of aromatic nitrogens is 1. The molecule has 3 fully saturated rings. The van der Waals surface area contributed by atoms with Crippen LogP contribution < -0.4 is 4.72 Å². The van der Waals surface area contributed by atoms with Crippen LogP contribution in [-0.2, 0) is 19.6 Å². The van der Waals surface area contributed by atoms with Crippen LogP contribution in [0.25, 0.3) is 0 Å². The van der Waals surface area contributed by atoms with Gasteiger partial charge in [0.05, 0.1) is 10.5 Å². The molecule has 5 aliphatic carbocycles. The molecule has 0 radical (unpaired) electrons. The fourth-order valence-corrected chi connectivity index (χ4v) is 12.2. The summed E-state index contributed by atoms with van der Waals surface area (Å²) in [5, 5.41) is 23.0. The van der Waals surface area contributed by atoms with Crippen molar-refractivity contribution in [3.8, 4) is 6.07 Å². The van der Waals surface area contributed by atoms with Gasteiger partial charge in [-0.25, -0.2) is 13.1 Å². The highest BCUT2D eigenvalue weighted by atomic mass is 32.2. The molecule has 1 heterocycles. The van der Waals surface area contributed by atoms with Crippen molar-refractivity contribution in [3.63, 3.8) is 0 Å². The Morgan fingerprint density at radius 3 is 2.23 bits per heavy atom. The van der Waals surface area contributed by atoms with E-state index in [4.69, 9.17) is 0 Å². The first-order valence-electron chi connectivity index (χ1n) is 15.9. The van der Waals surface area contributed by atoms with Crippen molar-refractivity contribution in [2.75, 3.05) is 0 Å². The minimum absolute atomic E-state index is 0.0871. The number of fused-ring (bicyclic) bond motifs is 7. The summed E-state index contributed by atoms with van der Waals surface area (Å²) in [4.78, 5) is 32.0. The van der Waals surface area contributed by atoms with Crippen molar-refractivity contribution in [2.45, 2.75) is 109 Å². The largest absolute Gasteiger partial charge is 0.381 e. The van der Waals surface area contributed by atoms with Gasteiger partial charge in [-0.2, -0.15) is 5.26 Å². The van der Waals surface area contributed by atoms with Gasteiger partial charge in [0.25, 0.3) is 0 Å². The summed E-state index contributed by atoms with van der Waals surface area (Å²) in [5.74, 6) is -1.06. The van der Waals surface area contributed by atoms with Crippen LogP contribution in [0, 0.1) is 50.2 Å². The third-order valence-electron chi connectivity index (χ3n) is 13.6. The molecule has 0 saturated heterocycles. The lowest BCUT2D eigenvalue weighted by Gasteiger charge is -2.71. The normalized spacial score (nSPS) is 44.6. The number of sulfonamides is 1. The topological polar surface area (TPSA) is 137 Å². The highest BCUT2D eigenvalue weighted by Crippen LogP contribution is 2.75. The number of pyridine rings is 1. The van der Waals surface area contributed by atoms with Crippen molar-refractivity contribution in [1.29, 1.82) is 5.26 Å². The standard InChI is InChI=1S/C35H45N3O5S/c1-29(2)24-8-11-33(6)25(32(24,5)19-22(21-36)28(29)40)18-27(39)35(41)26-20-31(4,14-12-30(26,3)13-15-34(33,35)7)38-44(42,43)23-9-16-37-17-10-23/h9-10,16-19,24,26,38,41H,8,11-15,20H2,1-7H3/t24-,26+,30+,31-,32-,33+,34-,35+/m0/s1. The Bertz CT molecular complexity index is 1680. The Balaban J connectivity index is 1.46. The minimum Gasteiger partial charge on any atom is -0.381 e. The molecule has 0 aromatic carbocycles. The van der Waals surface area contributed by atoms with Gasteiger partial charge in [0.2, 0.25) is 10.0 Å². The fraction of sp³-hybridized carbons (Fsp3) is 0.657. The summed E-state index contributed by atoms with van der Waals surface area (Å²) in [6.07, 6.45) is 10.8. The van der Waals surface area contributed by atoms with E-state index in [9.17, 15) is 28.4 Å². The number of allylic oxidation sites excluding steroid dienone is 3. The summed E-state index contributed by atoms with van der Waals surface area (Å²) in [5.41, 5.74) is -4.77. The molecule has 1 aromatic rings. The highest BCUT2D eigenvalue weighted by molar-refractivity contribution is 7.89. The maximum atomic E-state index is 14.6. The van der Waals surface area contributed by atoms with E-state index in [-0.39, 0.29) is 33.4 Å². The van der Waals surface area contributed by atoms with Gasteiger partial charge in [-0.3, -0.25) is 14.6 Å². The lowest BCUT2D eigenvalue weighted by Crippen LogP contribution is -2.74. The molecular weight excluding hydrogens is 574 g/mol. The van der Waals surface area contributed by atoms with Gasteiger partial charge in [0.1, 0.15) is 11.7 Å². The Hall–Kier alpha value is -2.67. The van der Waals surface area contributed by atoms with E-state index in [1.165, 1.54) is 24.5 Å². The van der Waals surface area contributed by atoms with E-state index >= 15 is 0 Å². The number of Topliss-reactive ketones (excluding diaryl/α,β-unsaturated/α-hetero) is 1. The monoisotopic (exact) mass is 619 g/mol. The second kappa shape index (κ2) is 9.20. The molecule has 9 heteroatoms. The smallest absolute Gasteiger partial charge is 0.241 e. The number of nitrogens with zero attached hydrogens (tertiary/aromatic N) is 2. The molecule has 44 heavy (non-hydrogen) atoms. The molecule has 0 amide bonds. The number of nitrogens with one attached hydrogen (secondary N) is 1. The Labute approximate surface area is 261 Å². The minimum atomic E-state index is -3.86. The van der Waals surface area contributed by atoms with Crippen LogP contribution in [0.5, 0.6) is 0 Å². The maximum Gasteiger partial charge on any atom is 0.241 e. The summed E-state index contributed by atoms with van der Waals surface area (Å²) in [6.45, 7) is 14.1. The van der Waals surface area contributed by atoms with Crippen molar-refractivity contribution in [3.05, 3.63) is 47.8 Å². The molecule has 0 unspecified atom stereocenters. The molecular formula is C35H45N3O5S. The van der Waals surface area contributed by atoms with Crippen LogP contribution in [-0.4, -0.2) is 41.2 Å². The van der Waals surface area contributed by atoms with Gasteiger partial charge in [0.15, 0.2) is 11.6 Å². The van der Waals surface area contributed by atoms with E-state index in [1.54, 1.807) is 12.2 Å². The van der Waals surface area contributed by atoms with Gasteiger partial charge in [-0.15, -0.1) is 0 Å². The number of carbonyl (C=O) groups is 2. The maximum absolute atomic E-state index is 14.6. The summed E-state index contributed by atoms with van der Waals surface area (Å²) in [6, 6.07) is 5.06. The molecule has 0 spiro atoms. The molecule has 2 N–H and O–H groups in total.